The van der Waals surface area contributed by atoms with E-state index in [1.54, 1.807) is 18.2 Å². The van der Waals surface area contributed by atoms with Crippen molar-refractivity contribution in [1.29, 1.82) is 0 Å². The molecule has 25 heavy (non-hydrogen) atoms. The normalized spacial score (nSPS) is 16.6. The number of benzene rings is 1. The Balaban J connectivity index is 2.24. The third kappa shape index (κ3) is 4.40. The summed E-state index contributed by atoms with van der Waals surface area (Å²) in [4.78, 5) is 12.8. The zero-order valence-corrected chi connectivity index (χ0v) is 15.9. The van der Waals surface area contributed by atoms with Gasteiger partial charge in [0.2, 0.25) is 10.0 Å². The van der Waals surface area contributed by atoms with E-state index >= 15 is 0 Å². The number of carbonyl (C=O) groups excluding carboxylic acids is 1. The zero-order chi connectivity index (χ0) is 18.5. The second kappa shape index (κ2) is 8.29. The Labute approximate surface area is 150 Å². The number of nitrogens with two attached hydrogens (primary N) is 1. The molecule has 0 spiro atoms. The van der Waals surface area contributed by atoms with E-state index in [0.717, 1.165) is 32.1 Å². The van der Waals surface area contributed by atoms with Crippen molar-refractivity contribution in [3.8, 4) is 0 Å². The number of nitrogens with one attached hydrogen (secondary N) is 1. The molecule has 6 nitrogen and oxygen atoms in total. The van der Waals surface area contributed by atoms with E-state index < -0.39 is 15.6 Å². The summed E-state index contributed by atoms with van der Waals surface area (Å²) < 4.78 is 27.1. The first-order chi connectivity index (χ1) is 11.9. The van der Waals surface area contributed by atoms with Gasteiger partial charge >= 0.3 is 0 Å². The van der Waals surface area contributed by atoms with E-state index in [9.17, 15) is 13.2 Å². The topological polar surface area (TPSA) is 92.5 Å². The second-order valence-electron chi connectivity index (χ2n) is 6.64. The third-order valence-electron chi connectivity index (χ3n) is 5.17. The molecule has 7 heteroatoms. The van der Waals surface area contributed by atoms with Crippen LogP contribution in [0.5, 0.6) is 0 Å². The van der Waals surface area contributed by atoms with Crippen molar-refractivity contribution >= 4 is 15.9 Å². The number of carbonyl (C=O) groups is 1. The fourth-order valence-electron chi connectivity index (χ4n) is 3.13. The largest absolute Gasteiger partial charge is 0.345 e. The van der Waals surface area contributed by atoms with Crippen molar-refractivity contribution in [2.75, 3.05) is 19.6 Å². The van der Waals surface area contributed by atoms with E-state index in [2.05, 4.69) is 5.32 Å². The van der Waals surface area contributed by atoms with Crippen LogP contribution >= 0.6 is 0 Å². The van der Waals surface area contributed by atoms with Gasteiger partial charge in [-0.25, -0.2) is 8.42 Å². The molecule has 0 saturated carbocycles. The van der Waals surface area contributed by atoms with Crippen LogP contribution in [0.25, 0.3) is 0 Å². The highest BCUT2D eigenvalue weighted by molar-refractivity contribution is 7.89. The van der Waals surface area contributed by atoms with Gasteiger partial charge in [-0.15, -0.1) is 0 Å². The van der Waals surface area contributed by atoms with Crippen LogP contribution in [0.4, 0.5) is 0 Å². The number of sulfonamides is 1. The van der Waals surface area contributed by atoms with Crippen LogP contribution in [0.15, 0.2) is 29.2 Å². The molecule has 140 valence electrons. The number of piperidine rings is 1. The zero-order valence-electron chi connectivity index (χ0n) is 15.1. The quantitative estimate of drug-likeness (QED) is 0.772. The minimum absolute atomic E-state index is 0.174. The van der Waals surface area contributed by atoms with Gasteiger partial charge in [-0.1, -0.05) is 26.3 Å². The minimum atomic E-state index is -3.55. The van der Waals surface area contributed by atoms with E-state index in [4.69, 9.17) is 5.73 Å². The predicted octanol–water partition coefficient (Wildman–Crippen LogP) is 2.11. The third-order valence-corrected chi connectivity index (χ3v) is 7.07. The van der Waals surface area contributed by atoms with Crippen molar-refractivity contribution in [3.63, 3.8) is 0 Å². The Morgan fingerprint density at radius 3 is 2.40 bits per heavy atom. The Kier molecular flexibility index (Phi) is 6.59. The predicted molar refractivity (Wildman–Crippen MR) is 98.9 cm³/mol. The van der Waals surface area contributed by atoms with Crippen molar-refractivity contribution in [3.05, 3.63) is 29.8 Å². The molecule has 1 aliphatic rings. The van der Waals surface area contributed by atoms with Crippen LogP contribution in [-0.4, -0.2) is 43.8 Å². The lowest BCUT2D eigenvalue weighted by molar-refractivity contribution is 0.0895. The van der Waals surface area contributed by atoms with Crippen LogP contribution < -0.4 is 11.1 Å². The molecule has 0 unspecified atom stereocenters. The summed E-state index contributed by atoms with van der Waals surface area (Å²) in [5.41, 5.74) is 5.72. The molecule has 1 aromatic rings. The molecule has 0 radical (unpaired) electrons. The molecular formula is C18H29N3O3S. The molecule has 1 aromatic carbocycles. The summed E-state index contributed by atoms with van der Waals surface area (Å²) in [6.45, 7) is 5.39. The van der Waals surface area contributed by atoms with Gasteiger partial charge in [0.05, 0.1) is 10.4 Å². The molecule has 2 rings (SSSR count). The Morgan fingerprint density at radius 2 is 1.84 bits per heavy atom. The van der Waals surface area contributed by atoms with Gasteiger partial charge in [0.15, 0.2) is 0 Å². The molecule has 1 saturated heterocycles. The van der Waals surface area contributed by atoms with E-state index in [1.165, 1.54) is 10.4 Å². The highest BCUT2D eigenvalue weighted by atomic mass is 32.2. The summed E-state index contributed by atoms with van der Waals surface area (Å²) in [5.74, 6) is -0.287. The molecule has 1 amide bonds. The van der Waals surface area contributed by atoms with E-state index in [0.29, 0.717) is 25.2 Å². The summed E-state index contributed by atoms with van der Waals surface area (Å²) in [6.07, 6.45) is 4.26. The molecule has 0 aliphatic carbocycles. The van der Waals surface area contributed by atoms with Crippen molar-refractivity contribution in [2.24, 2.45) is 5.73 Å². The molecule has 1 fully saturated rings. The molecular weight excluding hydrogens is 338 g/mol. The summed E-state index contributed by atoms with van der Waals surface area (Å²) in [6, 6.07) is 6.27. The van der Waals surface area contributed by atoms with Crippen LogP contribution in [0.1, 0.15) is 56.3 Å². The lowest BCUT2D eigenvalue weighted by Gasteiger charge is -2.31. The average molecular weight is 368 g/mol. The van der Waals surface area contributed by atoms with Gasteiger partial charge in [0.25, 0.3) is 5.91 Å². The van der Waals surface area contributed by atoms with Crippen LogP contribution in [0, 0.1) is 0 Å². The SMILES string of the molecule is CCC(CC)(CN)NC(=O)c1cccc(S(=O)(=O)N2CCCCC2)c1. The summed E-state index contributed by atoms with van der Waals surface area (Å²) in [5, 5.41) is 2.98. The fourth-order valence-corrected chi connectivity index (χ4v) is 4.70. The van der Waals surface area contributed by atoms with Gasteiger partial charge < -0.3 is 11.1 Å². The Morgan fingerprint density at radius 1 is 1.20 bits per heavy atom. The van der Waals surface area contributed by atoms with Crippen molar-refractivity contribution < 1.29 is 13.2 Å². The lowest BCUT2D eigenvalue weighted by atomic mass is 9.92. The highest BCUT2D eigenvalue weighted by Gasteiger charge is 2.29. The maximum absolute atomic E-state index is 12.8. The molecule has 1 aliphatic heterocycles. The number of hydrogen-bond acceptors (Lipinski definition) is 4. The van der Waals surface area contributed by atoms with Gasteiger partial charge in [-0.3, -0.25) is 4.79 Å². The molecule has 0 aromatic heterocycles. The first-order valence-electron chi connectivity index (χ1n) is 9.01. The van der Waals surface area contributed by atoms with Crippen molar-refractivity contribution in [1.82, 2.24) is 9.62 Å². The first kappa shape index (κ1) is 19.9. The Hall–Kier alpha value is -1.44. The molecule has 0 atom stereocenters. The summed E-state index contributed by atoms with van der Waals surface area (Å²) >= 11 is 0. The first-order valence-corrected chi connectivity index (χ1v) is 10.5. The van der Waals surface area contributed by atoms with Gasteiger partial charge in [-0.2, -0.15) is 4.31 Å². The molecule has 1 heterocycles. The van der Waals surface area contributed by atoms with Crippen LogP contribution in [0.2, 0.25) is 0 Å². The Bertz CT molecular complexity index is 685. The number of rotatable bonds is 7. The summed E-state index contributed by atoms with van der Waals surface area (Å²) in [7, 11) is -3.55. The van der Waals surface area contributed by atoms with Gasteiger partial charge in [0.1, 0.15) is 0 Å². The highest BCUT2D eigenvalue weighted by Crippen LogP contribution is 2.22. The van der Waals surface area contributed by atoms with Gasteiger partial charge in [0, 0.05) is 25.2 Å². The standard InChI is InChI=1S/C18H29N3O3S/c1-3-18(4-2,14-19)20-17(22)15-9-8-10-16(13-15)25(23,24)21-11-6-5-7-12-21/h8-10,13H,3-7,11-12,14,19H2,1-2H3,(H,20,22). The number of amides is 1. The minimum Gasteiger partial charge on any atom is -0.345 e. The maximum Gasteiger partial charge on any atom is 0.251 e. The van der Waals surface area contributed by atoms with E-state index in [-0.39, 0.29) is 10.8 Å². The lowest BCUT2D eigenvalue weighted by Crippen LogP contribution is -2.52. The number of hydrogen-bond donors (Lipinski definition) is 2. The van der Waals surface area contributed by atoms with Crippen LogP contribution in [-0.2, 0) is 10.0 Å². The average Bonchev–Trinajstić information content (AvgIpc) is 2.67. The number of nitrogens with zero attached hydrogens (tertiary/aromatic N) is 1. The smallest absolute Gasteiger partial charge is 0.251 e. The van der Waals surface area contributed by atoms with Crippen molar-refractivity contribution in [2.45, 2.75) is 56.4 Å². The molecule has 3 N–H and O–H groups in total. The maximum atomic E-state index is 12.8. The molecule has 0 bridgehead atoms. The fraction of sp³-hybridized carbons (Fsp3) is 0.611. The van der Waals surface area contributed by atoms with E-state index in [1.807, 2.05) is 13.8 Å². The second-order valence-corrected chi connectivity index (χ2v) is 8.58. The van der Waals surface area contributed by atoms with Crippen LogP contribution in [0.3, 0.4) is 0 Å². The monoisotopic (exact) mass is 367 g/mol. The van der Waals surface area contributed by atoms with Gasteiger partial charge in [-0.05, 0) is 43.9 Å².